The number of aryl methyl sites for hydroxylation is 1. The monoisotopic (exact) mass is 283 g/mol. The molecule has 1 atom stereocenters. The number of pyridine rings is 1. The van der Waals surface area contributed by atoms with Crippen molar-refractivity contribution < 1.29 is 4.79 Å². The van der Waals surface area contributed by atoms with Crippen molar-refractivity contribution in [3.8, 4) is 0 Å². The van der Waals surface area contributed by atoms with Crippen molar-refractivity contribution in [3.63, 3.8) is 0 Å². The van der Waals surface area contributed by atoms with Crippen LogP contribution in [-0.4, -0.2) is 16.9 Å². The summed E-state index contributed by atoms with van der Waals surface area (Å²) >= 11 is 0. The summed E-state index contributed by atoms with van der Waals surface area (Å²) in [5.41, 5.74) is 3.22. The van der Waals surface area contributed by atoms with Crippen LogP contribution in [0.15, 0.2) is 42.6 Å². The summed E-state index contributed by atoms with van der Waals surface area (Å²) in [6.45, 7) is 6.22. The lowest BCUT2D eigenvalue weighted by Crippen LogP contribution is -2.16. The number of nitrogens with one attached hydrogen (secondary N) is 2. The van der Waals surface area contributed by atoms with Crippen molar-refractivity contribution in [2.45, 2.75) is 33.2 Å². The number of carbonyl (C=O) groups excluding carboxylic acids is 1. The van der Waals surface area contributed by atoms with Crippen LogP contribution in [0.3, 0.4) is 0 Å². The number of nitrogens with zero attached hydrogens (tertiary/aromatic N) is 1. The van der Waals surface area contributed by atoms with Crippen molar-refractivity contribution in [3.05, 3.63) is 53.9 Å². The van der Waals surface area contributed by atoms with Gasteiger partial charge >= 0.3 is 0 Å². The highest BCUT2D eigenvalue weighted by atomic mass is 16.1. The Balaban J connectivity index is 2.03. The third-order valence-electron chi connectivity index (χ3n) is 3.30. The fourth-order valence-electron chi connectivity index (χ4n) is 1.92. The SMILES string of the molecule is CCC(C)Nc1ccc(C(=O)Nc2cccc(C)c2)nc1. The Morgan fingerprint density at radius 1 is 1.24 bits per heavy atom. The first-order valence-corrected chi connectivity index (χ1v) is 7.19. The first kappa shape index (κ1) is 15.0. The number of anilines is 2. The molecule has 1 aromatic carbocycles. The van der Waals surface area contributed by atoms with Gasteiger partial charge in [-0.05, 0) is 50.1 Å². The van der Waals surface area contributed by atoms with Crippen LogP contribution in [0.1, 0.15) is 36.3 Å². The van der Waals surface area contributed by atoms with E-state index in [2.05, 4.69) is 29.5 Å². The molecule has 0 saturated heterocycles. The van der Waals surface area contributed by atoms with E-state index in [1.54, 1.807) is 12.3 Å². The van der Waals surface area contributed by atoms with Crippen LogP contribution in [0, 0.1) is 6.92 Å². The van der Waals surface area contributed by atoms with Gasteiger partial charge in [0.15, 0.2) is 0 Å². The van der Waals surface area contributed by atoms with E-state index < -0.39 is 0 Å². The molecule has 0 bridgehead atoms. The quantitative estimate of drug-likeness (QED) is 0.876. The topological polar surface area (TPSA) is 54.0 Å². The molecule has 1 heterocycles. The minimum Gasteiger partial charge on any atom is -0.381 e. The van der Waals surface area contributed by atoms with E-state index in [1.165, 1.54) is 0 Å². The van der Waals surface area contributed by atoms with Gasteiger partial charge in [0, 0.05) is 11.7 Å². The average molecular weight is 283 g/mol. The Morgan fingerprint density at radius 2 is 2.05 bits per heavy atom. The molecule has 2 aromatic rings. The van der Waals surface area contributed by atoms with Crippen molar-refractivity contribution in [2.75, 3.05) is 10.6 Å². The fraction of sp³-hybridized carbons (Fsp3) is 0.294. The van der Waals surface area contributed by atoms with Crippen molar-refractivity contribution >= 4 is 17.3 Å². The van der Waals surface area contributed by atoms with Gasteiger partial charge in [-0.15, -0.1) is 0 Å². The molecule has 2 rings (SSSR count). The highest BCUT2D eigenvalue weighted by Crippen LogP contribution is 2.13. The van der Waals surface area contributed by atoms with Gasteiger partial charge in [-0.2, -0.15) is 0 Å². The number of carbonyl (C=O) groups is 1. The number of benzene rings is 1. The average Bonchev–Trinajstić information content (AvgIpc) is 2.47. The Labute approximate surface area is 125 Å². The lowest BCUT2D eigenvalue weighted by molar-refractivity contribution is 0.102. The van der Waals surface area contributed by atoms with Gasteiger partial charge in [-0.3, -0.25) is 4.79 Å². The lowest BCUT2D eigenvalue weighted by Gasteiger charge is -2.12. The van der Waals surface area contributed by atoms with Crippen molar-refractivity contribution in [1.29, 1.82) is 0 Å². The highest BCUT2D eigenvalue weighted by molar-refractivity contribution is 6.02. The molecule has 1 amide bonds. The number of rotatable bonds is 5. The molecule has 0 aliphatic rings. The van der Waals surface area contributed by atoms with Gasteiger partial charge in [-0.1, -0.05) is 19.1 Å². The lowest BCUT2D eigenvalue weighted by atomic mass is 10.2. The first-order chi connectivity index (χ1) is 10.1. The zero-order valence-corrected chi connectivity index (χ0v) is 12.7. The molecule has 21 heavy (non-hydrogen) atoms. The molecule has 4 nitrogen and oxygen atoms in total. The Bertz CT molecular complexity index is 608. The van der Waals surface area contributed by atoms with Crippen LogP contribution in [0.2, 0.25) is 0 Å². The normalized spacial score (nSPS) is 11.8. The summed E-state index contributed by atoms with van der Waals surface area (Å²) in [5, 5.41) is 6.17. The number of amides is 1. The third kappa shape index (κ3) is 4.31. The maximum absolute atomic E-state index is 12.1. The fourth-order valence-corrected chi connectivity index (χ4v) is 1.92. The number of aromatic nitrogens is 1. The number of hydrogen-bond acceptors (Lipinski definition) is 3. The van der Waals surface area contributed by atoms with E-state index in [-0.39, 0.29) is 5.91 Å². The van der Waals surface area contributed by atoms with Crippen LogP contribution in [0.25, 0.3) is 0 Å². The second kappa shape index (κ2) is 6.88. The summed E-state index contributed by atoms with van der Waals surface area (Å²) < 4.78 is 0. The van der Waals surface area contributed by atoms with E-state index >= 15 is 0 Å². The van der Waals surface area contributed by atoms with E-state index in [1.807, 2.05) is 37.3 Å². The zero-order valence-electron chi connectivity index (χ0n) is 12.7. The smallest absolute Gasteiger partial charge is 0.274 e. The standard InChI is InChI=1S/C17H21N3O/c1-4-13(3)19-15-8-9-16(18-11-15)17(21)20-14-7-5-6-12(2)10-14/h5-11,13,19H,4H2,1-3H3,(H,20,21). The van der Waals surface area contributed by atoms with Crippen LogP contribution in [-0.2, 0) is 0 Å². The predicted octanol–water partition coefficient (Wildman–Crippen LogP) is 3.85. The molecule has 2 N–H and O–H groups in total. The van der Waals surface area contributed by atoms with Gasteiger partial charge in [0.2, 0.25) is 0 Å². The van der Waals surface area contributed by atoms with E-state index in [9.17, 15) is 4.79 Å². The van der Waals surface area contributed by atoms with Gasteiger partial charge in [0.25, 0.3) is 5.91 Å². The summed E-state index contributed by atoms with van der Waals surface area (Å²) in [6, 6.07) is 11.7. The molecule has 0 radical (unpaired) electrons. The van der Waals surface area contributed by atoms with E-state index in [0.717, 1.165) is 23.4 Å². The Morgan fingerprint density at radius 3 is 2.67 bits per heavy atom. The molecule has 4 heteroatoms. The molecule has 0 aliphatic carbocycles. The molecule has 1 aromatic heterocycles. The molecule has 0 aliphatic heterocycles. The molecule has 0 saturated carbocycles. The summed E-state index contributed by atoms with van der Waals surface area (Å²) in [4.78, 5) is 16.3. The first-order valence-electron chi connectivity index (χ1n) is 7.19. The molecule has 1 unspecified atom stereocenters. The molecular weight excluding hydrogens is 262 g/mol. The predicted molar refractivity (Wildman–Crippen MR) is 86.7 cm³/mol. The summed E-state index contributed by atoms with van der Waals surface area (Å²) in [6.07, 6.45) is 2.73. The van der Waals surface area contributed by atoms with Crippen LogP contribution in [0.5, 0.6) is 0 Å². The highest BCUT2D eigenvalue weighted by Gasteiger charge is 2.08. The Hall–Kier alpha value is -2.36. The van der Waals surface area contributed by atoms with E-state index in [0.29, 0.717) is 11.7 Å². The largest absolute Gasteiger partial charge is 0.381 e. The van der Waals surface area contributed by atoms with Gasteiger partial charge in [0.05, 0.1) is 11.9 Å². The van der Waals surface area contributed by atoms with Gasteiger partial charge in [0.1, 0.15) is 5.69 Å². The van der Waals surface area contributed by atoms with Crippen molar-refractivity contribution in [1.82, 2.24) is 4.98 Å². The Kier molecular flexibility index (Phi) is 4.93. The van der Waals surface area contributed by atoms with Crippen LogP contribution >= 0.6 is 0 Å². The summed E-state index contributed by atoms with van der Waals surface area (Å²) in [5.74, 6) is -0.198. The molecule has 0 fully saturated rings. The van der Waals surface area contributed by atoms with Crippen LogP contribution in [0.4, 0.5) is 11.4 Å². The van der Waals surface area contributed by atoms with Crippen LogP contribution < -0.4 is 10.6 Å². The maximum atomic E-state index is 12.1. The minimum atomic E-state index is -0.198. The molecule has 110 valence electrons. The maximum Gasteiger partial charge on any atom is 0.274 e. The van der Waals surface area contributed by atoms with Crippen molar-refractivity contribution in [2.24, 2.45) is 0 Å². The third-order valence-corrected chi connectivity index (χ3v) is 3.30. The minimum absolute atomic E-state index is 0.198. The summed E-state index contributed by atoms with van der Waals surface area (Å²) in [7, 11) is 0. The second-order valence-electron chi connectivity index (χ2n) is 5.21. The molecule has 0 spiro atoms. The second-order valence-corrected chi connectivity index (χ2v) is 5.21. The van der Waals surface area contributed by atoms with Gasteiger partial charge < -0.3 is 10.6 Å². The van der Waals surface area contributed by atoms with E-state index in [4.69, 9.17) is 0 Å². The zero-order chi connectivity index (χ0) is 15.2. The number of hydrogen-bond donors (Lipinski definition) is 2. The van der Waals surface area contributed by atoms with Gasteiger partial charge in [-0.25, -0.2) is 4.98 Å². The molecular formula is C17H21N3O.